The molecule has 2 aromatic rings. The molecule has 0 atom stereocenters. The molecule has 0 amide bonds. The van der Waals surface area contributed by atoms with E-state index in [0.29, 0.717) is 16.3 Å². The summed E-state index contributed by atoms with van der Waals surface area (Å²) in [6.45, 7) is 0. The molecule has 1 aromatic heterocycles. The molecule has 80 valence electrons. The van der Waals surface area contributed by atoms with Gasteiger partial charge in [-0.3, -0.25) is 4.79 Å². The number of ether oxygens (including phenoxy) is 1. The van der Waals surface area contributed by atoms with Crippen molar-refractivity contribution in [1.29, 1.82) is 0 Å². The van der Waals surface area contributed by atoms with Gasteiger partial charge in [0.2, 0.25) is 0 Å². The van der Waals surface area contributed by atoms with Crippen LogP contribution in [0.2, 0.25) is 5.02 Å². The fraction of sp³-hybridized carbons (Fsp3) is 0. The zero-order valence-corrected chi connectivity index (χ0v) is 8.89. The Morgan fingerprint density at radius 2 is 2.00 bits per heavy atom. The van der Waals surface area contributed by atoms with E-state index in [-0.39, 0.29) is 6.01 Å². The number of halogens is 1. The first-order valence-corrected chi connectivity index (χ1v) is 4.86. The number of carbonyl (C=O) groups is 1. The maximum atomic E-state index is 10.6. The molecule has 16 heavy (non-hydrogen) atoms. The highest BCUT2D eigenvalue weighted by atomic mass is 35.5. The van der Waals surface area contributed by atoms with Crippen molar-refractivity contribution in [2.45, 2.75) is 0 Å². The summed E-state index contributed by atoms with van der Waals surface area (Å²) in [6, 6.07) is 6.90. The van der Waals surface area contributed by atoms with E-state index in [1.165, 1.54) is 12.4 Å². The highest BCUT2D eigenvalue weighted by Crippen LogP contribution is 2.18. The number of aldehydes is 1. The second-order valence-corrected chi connectivity index (χ2v) is 3.41. The molecule has 1 aromatic carbocycles. The average Bonchev–Trinajstić information content (AvgIpc) is 2.32. The number of carbonyl (C=O) groups excluding carboxylic acids is 1. The van der Waals surface area contributed by atoms with Crippen LogP contribution in [0.4, 0.5) is 0 Å². The molecule has 0 fully saturated rings. The number of hydrogen-bond acceptors (Lipinski definition) is 4. The molecule has 0 unspecified atom stereocenters. The van der Waals surface area contributed by atoms with E-state index in [1.54, 1.807) is 24.3 Å². The predicted octanol–water partition coefficient (Wildman–Crippen LogP) is 2.73. The zero-order valence-electron chi connectivity index (χ0n) is 8.13. The summed E-state index contributed by atoms with van der Waals surface area (Å²) in [7, 11) is 0. The monoisotopic (exact) mass is 234 g/mol. The van der Waals surface area contributed by atoms with Crippen molar-refractivity contribution in [1.82, 2.24) is 9.97 Å². The van der Waals surface area contributed by atoms with Crippen LogP contribution < -0.4 is 4.74 Å². The summed E-state index contributed by atoms with van der Waals surface area (Å²) in [5.74, 6) is 0.506. The standard InChI is InChI=1S/C11H7ClN2O2/c12-9-5-13-11(14-6-9)16-10-3-1-2-8(4-10)7-15/h1-7H. The van der Waals surface area contributed by atoms with Crippen molar-refractivity contribution in [2.24, 2.45) is 0 Å². The van der Waals surface area contributed by atoms with E-state index < -0.39 is 0 Å². The van der Waals surface area contributed by atoms with Crippen molar-refractivity contribution in [3.8, 4) is 11.8 Å². The first kappa shape index (κ1) is 10.6. The molecule has 0 aliphatic rings. The molecule has 4 nitrogen and oxygen atoms in total. The Balaban J connectivity index is 2.20. The third-order valence-electron chi connectivity index (χ3n) is 1.80. The van der Waals surface area contributed by atoms with E-state index >= 15 is 0 Å². The normalized spacial score (nSPS) is 9.81. The van der Waals surface area contributed by atoms with Crippen molar-refractivity contribution in [2.75, 3.05) is 0 Å². The van der Waals surface area contributed by atoms with Crippen LogP contribution in [-0.2, 0) is 0 Å². The first-order valence-electron chi connectivity index (χ1n) is 4.48. The second kappa shape index (κ2) is 4.72. The van der Waals surface area contributed by atoms with Gasteiger partial charge >= 0.3 is 6.01 Å². The molecule has 0 spiro atoms. The molecule has 0 aliphatic carbocycles. The minimum absolute atomic E-state index is 0.187. The Kier molecular flexibility index (Phi) is 3.12. The van der Waals surface area contributed by atoms with Crippen LogP contribution in [0.15, 0.2) is 36.7 Å². The summed E-state index contributed by atoms with van der Waals surface area (Å²) in [5, 5.41) is 0.439. The summed E-state index contributed by atoms with van der Waals surface area (Å²) in [4.78, 5) is 18.3. The van der Waals surface area contributed by atoms with E-state index in [0.717, 1.165) is 6.29 Å². The first-order chi connectivity index (χ1) is 7.78. The van der Waals surface area contributed by atoms with Gasteiger partial charge in [-0.1, -0.05) is 23.7 Å². The van der Waals surface area contributed by atoms with Gasteiger partial charge in [0.05, 0.1) is 17.4 Å². The summed E-state index contributed by atoms with van der Waals surface area (Å²) in [5.41, 5.74) is 0.534. The fourth-order valence-corrected chi connectivity index (χ4v) is 1.21. The molecule has 2 rings (SSSR count). The van der Waals surface area contributed by atoms with Gasteiger partial charge in [-0.25, -0.2) is 9.97 Å². The zero-order chi connectivity index (χ0) is 11.4. The van der Waals surface area contributed by atoms with Crippen LogP contribution >= 0.6 is 11.6 Å². The van der Waals surface area contributed by atoms with Crippen LogP contribution in [0.3, 0.4) is 0 Å². The van der Waals surface area contributed by atoms with Gasteiger partial charge in [0.15, 0.2) is 0 Å². The number of nitrogens with zero attached hydrogens (tertiary/aromatic N) is 2. The maximum Gasteiger partial charge on any atom is 0.321 e. The Labute approximate surface area is 96.9 Å². The largest absolute Gasteiger partial charge is 0.424 e. The third kappa shape index (κ3) is 2.55. The second-order valence-electron chi connectivity index (χ2n) is 2.98. The molecule has 0 aliphatic heterocycles. The van der Waals surface area contributed by atoms with Crippen LogP contribution in [-0.4, -0.2) is 16.3 Å². The highest BCUT2D eigenvalue weighted by molar-refractivity contribution is 6.30. The van der Waals surface area contributed by atoms with E-state index in [9.17, 15) is 4.79 Å². The lowest BCUT2D eigenvalue weighted by Gasteiger charge is -2.03. The predicted molar refractivity (Wildman–Crippen MR) is 58.9 cm³/mol. The van der Waals surface area contributed by atoms with Gasteiger partial charge in [0.1, 0.15) is 12.0 Å². The Hall–Kier alpha value is -1.94. The molecular weight excluding hydrogens is 228 g/mol. The van der Waals surface area contributed by atoms with E-state index in [2.05, 4.69) is 9.97 Å². The number of benzene rings is 1. The smallest absolute Gasteiger partial charge is 0.321 e. The topological polar surface area (TPSA) is 52.1 Å². The molecule has 0 saturated heterocycles. The SMILES string of the molecule is O=Cc1cccc(Oc2ncc(Cl)cn2)c1. The van der Waals surface area contributed by atoms with Crippen molar-refractivity contribution >= 4 is 17.9 Å². The Bertz CT molecular complexity index is 500. The van der Waals surface area contributed by atoms with Gasteiger partial charge in [-0.2, -0.15) is 0 Å². The lowest BCUT2D eigenvalue weighted by molar-refractivity contribution is 0.112. The molecule has 5 heteroatoms. The van der Waals surface area contributed by atoms with Gasteiger partial charge in [0, 0.05) is 5.56 Å². The van der Waals surface area contributed by atoms with Gasteiger partial charge in [-0.05, 0) is 12.1 Å². The lowest BCUT2D eigenvalue weighted by atomic mass is 10.2. The maximum absolute atomic E-state index is 10.6. The minimum atomic E-state index is 0.187. The lowest BCUT2D eigenvalue weighted by Crippen LogP contribution is -1.91. The van der Waals surface area contributed by atoms with Crippen molar-refractivity contribution < 1.29 is 9.53 Å². The van der Waals surface area contributed by atoms with Crippen LogP contribution in [0.1, 0.15) is 10.4 Å². The average molecular weight is 235 g/mol. The molecule has 1 heterocycles. The van der Waals surface area contributed by atoms with Crippen LogP contribution in [0.25, 0.3) is 0 Å². The molecule has 0 N–H and O–H groups in total. The fourth-order valence-electron chi connectivity index (χ4n) is 1.11. The van der Waals surface area contributed by atoms with Gasteiger partial charge in [0.25, 0.3) is 0 Å². The Morgan fingerprint density at radius 1 is 1.25 bits per heavy atom. The van der Waals surface area contributed by atoms with Crippen molar-refractivity contribution in [3.63, 3.8) is 0 Å². The van der Waals surface area contributed by atoms with Gasteiger partial charge < -0.3 is 4.74 Å². The van der Waals surface area contributed by atoms with E-state index in [4.69, 9.17) is 16.3 Å². The molecule has 0 radical (unpaired) electrons. The van der Waals surface area contributed by atoms with Gasteiger partial charge in [-0.15, -0.1) is 0 Å². The quantitative estimate of drug-likeness (QED) is 0.767. The van der Waals surface area contributed by atoms with Crippen LogP contribution in [0.5, 0.6) is 11.8 Å². The summed E-state index contributed by atoms with van der Waals surface area (Å²) >= 11 is 5.64. The minimum Gasteiger partial charge on any atom is -0.424 e. The van der Waals surface area contributed by atoms with Crippen molar-refractivity contribution in [3.05, 3.63) is 47.2 Å². The number of hydrogen-bond donors (Lipinski definition) is 0. The summed E-state index contributed by atoms with van der Waals surface area (Å²) < 4.78 is 5.34. The van der Waals surface area contributed by atoms with E-state index in [1.807, 2.05) is 0 Å². The number of aromatic nitrogens is 2. The molecular formula is C11H7ClN2O2. The molecule has 0 saturated carbocycles. The number of rotatable bonds is 3. The Morgan fingerprint density at radius 3 is 2.69 bits per heavy atom. The third-order valence-corrected chi connectivity index (χ3v) is 2.00. The highest BCUT2D eigenvalue weighted by Gasteiger charge is 2.00. The summed E-state index contributed by atoms with van der Waals surface area (Å²) in [6.07, 6.45) is 3.62. The molecule has 0 bridgehead atoms. The van der Waals surface area contributed by atoms with Crippen LogP contribution in [0, 0.1) is 0 Å².